The van der Waals surface area contributed by atoms with Crippen LogP contribution in [0.2, 0.25) is 5.02 Å². The number of fused-ring (bicyclic) bond motifs is 1. The van der Waals surface area contributed by atoms with Crippen molar-refractivity contribution in [3.63, 3.8) is 0 Å². The molecule has 0 bridgehead atoms. The zero-order valence-corrected chi connectivity index (χ0v) is 24.9. The van der Waals surface area contributed by atoms with Gasteiger partial charge in [0.15, 0.2) is 5.54 Å². The lowest BCUT2D eigenvalue weighted by atomic mass is 9.96. The maximum atomic E-state index is 14.6. The summed E-state index contributed by atoms with van der Waals surface area (Å²) in [4.78, 5) is 16.6. The van der Waals surface area contributed by atoms with Crippen molar-refractivity contribution >= 4 is 39.8 Å². The number of nitrogens with one attached hydrogen (secondary N) is 2. The van der Waals surface area contributed by atoms with Gasteiger partial charge in [-0.05, 0) is 48.1 Å². The SMILES string of the molecule is COC(=O)c1cc([C@H](Nc2cc(Cl)c3ncc(C#N)c(NCC(C)(C)C)c3c2)c2cn(C3(C(F)(F)F)CC3)nn2)ccc1F. The molecule has 230 valence electrons. The summed E-state index contributed by atoms with van der Waals surface area (Å²) in [6.07, 6.45) is -2.20. The summed E-state index contributed by atoms with van der Waals surface area (Å²) >= 11 is 6.64. The predicted octanol–water partition coefficient (Wildman–Crippen LogP) is 6.99. The summed E-state index contributed by atoms with van der Waals surface area (Å²) in [5.74, 6) is -1.77. The molecule has 2 aromatic heterocycles. The minimum absolute atomic E-state index is 0.0779. The zero-order valence-electron chi connectivity index (χ0n) is 24.2. The van der Waals surface area contributed by atoms with Crippen LogP contribution in [0.15, 0.2) is 42.7 Å². The first kappa shape index (κ1) is 31.0. The molecule has 9 nitrogen and oxygen atoms in total. The van der Waals surface area contributed by atoms with E-state index in [1.807, 2.05) is 20.8 Å². The number of esters is 1. The maximum absolute atomic E-state index is 14.6. The lowest BCUT2D eigenvalue weighted by Gasteiger charge is -2.23. The molecule has 2 heterocycles. The van der Waals surface area contributed by atoms with Gasteiger partial charge in [-0.2, -0.15) is 18.4 Å². The number of carbonyl (C=O) groups is 1. The zero-order chi connectivity index (χ0) is 32.0. The van der Waals surface area contributed by atoms with Crippen molar-refractivity contribution in [3.8, 4) is 6.07 Å². The summed E-state index contributed by atoms with van der Waals surface area (Å²) in [7, 11) is 1.11. The number of nitriles is 1. The number of hydrogen-bond donors (Lipinski definition) is 2. The second-order valence-electron chi connectivity index (χ2n) is 11.9. The van der Waals surface area contributed by atoms with Crippen molar-refractivity contribution in [1.29, 1.82) is 5.26 Å². The van der Waals surface area contributed by atoms with E-state index in [0.717, 1.165) is 17.9 Å². The Morgan fingerprint density at radius 1 is 1.23 bits per heavy atom. The van der Waals surface area contributed by atoms with Gasteiger partial charge in [-0.15, -0.1) is 5.10 Å². The highest BCUT2D eigenvalue weighted by Gasteiger charge is 2.66. The molecular weight excluding hydrogens is 602 g/mol. The van der Waals surface area contributed by atoms with Gasteiger partial charge in [-0.25, -0.2) is 13.9 Å². The largest absolute Gasteiger partial charge is 0.465 e. The highest BCUT2D eigenvalue weighted by molar-refractivity contribution is 6.35. The van der Waals surface area contributed by atoms with E-state index < -0.39 is 29.5 Å². The fourth-order valence-electron chi connectivity index (χ4n) is 4.83. The molecule has 14 heteroatoms. The predicted molar refractivity (Wildman–Crippen MR) is 156 cm³/mol. The van der Waals surface area contributed by atoms with E-state index in [1.165, 1.54) is 24.5 Å². The van der Waals surface area contributed by atoms with E-state index in [0.29, 0.717) is 34.4 Å². The van der Waals surface area contributed by atoms with Crippen molar-refractivity contribution in [2.75, 3.05) is 24.3 Å². The van der Waals surface area contributed by atoms with Crippen LogP contribution in [0.3, 0.4) is 0 Å². The van der Waals surface area contributed by atoms with Gasteiger partial charge in [0.25, 0.3) is 0 Å². The Morgan fingerprint density at radius 3 is 2.57 bits per heavy atom. The first-order valence-corrected chi connectivity index (χ1v) is 14.0. The van der Waals surface area contributed by atoms with Crippen LogP contribution in [0, 0.1) is 22.6 Å². The van der Waals surface area contributed by atoms with Crippen LogP contribution in [-0.4, -0.2) is 45.8 Å². The third kappa shape index (κ3) is 5.86. The Bertz CT molecular complexity index is 1790. The van der Waals surface area contributed by atoms with Crippen molar-refractivity contribution in [1.82, 2.24) is 20.0 Å². The lowest BCUT2D eigenvalue weighted by Crippen LogP contribution is -2.35. The van der Waals surface area contributed by atoms with Crippen LogP contribution >= 0.6 is 11.6 Å². The average Bonchev–Trinajstić information content (AvgIpc) is 3.65. The molecule has 1 saturated carbocycles. The molecule has 1 fully saturated rings. The van der Waals surface area contributed by atoms with Crippen LogP contribution in [0.4, 0.5) is 28.9 Å². The molecule has 0 aliphatic heterocycles. The fraction of sp³-hybridized carbons (Fsp3) is 0.367. The highest BCUT2D eigenvalue weighted by atomic mass is 35.5. The van der Waals surface area contributed by atoms with Crippen LogP contribution in [0.25, 0.3) is 10.9 Å². The van der Waals surface area contributed by atoms with E-state index in [9.17, 15) is 27.6 Å². The fourth-order valence-corrected chi connectivity index (χ4v) is 5.10. The van der Waals surface area contributed by atoms with Gasteiger partial charge in [0.2, 0.25) is 0 Å². The Hall–Kier alpha value is -4.44. The lowest BCUT2D eigenvalue weighted by molar-refractivity contribution is -0.182. The molecule has 1 aliphatic rings. The van der Waals surface area contributed by atoms with Gasteiger partial charge >= 0.3 is 12.1 Å². The molecule has 2 aromatic carbocycles. The van der Waals surface area contributed by atoms with Crippen molar-refractivity contribution in [2.45, 2.75) is 51.4 Å². The quantitative estimate of drug-likeness (QED) is 0.158. The number of ether oxygens (including phenoxy) is 1. The van der Waals surface area contributed by atoms with Crippen LogP contribution in [0.1, 0.15) is 66.8 Å². The molecule has 1 atom stereocenters. The molecule has 44 heavy (non-hydrogen) atoms. The Morgan fingerprint density at radius 2 is 1.95 bits per heavy atom. The number of halogens is 5. The average molecular weight is 630 g/mol. The Kier molecular flexibility index (Phi) is 7.92. The minimum atomic E-state index is -4.54. The van der Waals surface area contributed by atoms with Crippen LogP contribution < -0.4 is 10.6 Å². The number of alkyl halides is 3. The number of anilines is 2. The first-order chi connectivity index (χ1) is 20.7. The second-order valence-corrected chi connectivity index (χ2v) is 12.3. The number of hydrogen-bond acceptors (Lipinski definition) is 8. The summed E-state index contributed by atoms with van der Waals surface area (Å²) in [5, 5.41) is 24.9. The molecule has 0 radical (unpaired) electrons. The van der Waals surface area contributed by atoms with E-state index in [2.05, 4.69) is 32.0 Å². The van der Waals surface area contributed by atoms with Crippen molar-refractivity contribution < 1.29 is 27.1 Å². The molecule has 2 N–H and O–H groups in total. The van der Waals surface area contributed by atoms with E-state index >= 15 is 0 Å². The standard InChI is InChI=1S/C30H28ClF4N7O2/c1-28(2,3)15-38-24-17(12-36)13-37-26-20(24)10-18(11-21(26)31)39-25(16-5-6-22(32)19(9-16)27(43)44-4)23-14-42(41-40-23)29(7-8-29)30(33,34)35/h5-6,9-11,13-14,25,39H,7-8,15H2,1-4H3,(H,37,38)/t25-/m0/s1. The molecule has 0 saturated heterocycles. The Labute approximate surface area is 255 Å². The van der Waals surface area contributed by atoms with Gasteiger partial charge in [-0.1, -0.05) is 43.7 Å². The van der Waals surface area contributed by atoms with Gasteiger partial charge in [0, 0.05) is 23.8 Å². The summed E-state index contributed by atoms with van der Waals surface area (Å²) in [5.41, 5.74) is -0.670. The Balaban J connectivity index is 1.63. The van der Waals surface area contributed by atoms with Crippen LogP contribution in [-0.2, 0) is 10.3 Å². The number of methoxy groups -OCH3 is 1. The normalized spacial score (nSPS) is 15.0. The molecule has 4 aromatic rings. The number of pyridine rings is 1. The number of aromatic nitrogens is 4. The van der Waals surface area contributed by atoms with E-state index in [4.69, 9.17) is 16.3 Å². The van der Waals surface area contributed by atoms with Gasteiger partial charge in [0.05, 0.1) is 46.7 Å². The summed E-state index contributed by atoms with van der Waals surface area (Å²) < 4.78 is 61.7. The second kappa shape index (κ2) is 11.2. The van der Waals surface area contributed by atoms with E-state index in [1.54, 1.807) is 12.1 Å². The van der Waals surface area contributed by atoms with E-state index in [-0.39, 0.29) is 40.1 Å². The number of nitrogens with zero attached hydrogens (tertiary/aromatic N) is 5. The topological polar surface area (TPSA) is 118 Å². The number of carbonyl (C=O) groups excluding carboxylic acids is 1. The molecule has 1 aliphatic carbocycles. The third-order valence-electron chi connectivity index (χ3n) is 7.38. The third-order valence-corrected chi connectivity index (χ3v) is 7.67. The van der Waals surface area contributed by atoms with Gasteiger partial charge < -0.3 is 15.4 Å². The molecule has 5 rings (SSSR count). The molecule has 0 unspecified atom stereocenters. The van der Waals surface area contributed by atoms with Crippen molar-refractivity contribution in [3.05, 3.63) is 75.9 Å². The van der Waals surface area contributed by atoms with Crippen molar-refractivity contribution in [2.24, 2.45) is 5.41 Å². The monoisotopic (exact) mass is 629 g/mol. The minimum Gasteiger partial charge on any atom is -0.465 e. The smallest absolute Gasteiger partial charge is 0.413 e. The molecular formula is C30H28ClF4N7O2. The number of rotatable bonds is 8. The van der Waals surface area contributed by atoms with Gasteiger partial charge in [0.1, 0.15) is 17.6 Å². The first-order valence-electron chi connectivity index (χ1n) is 13.6. The maximum Gasteiger partial charge on any atom is 0.413 e. The molecule has 0 spiro atoms. The molecule has 0 amide bonds. The van der Waals surface area contributed by atoms with Gasteiger partial charge in [-0.3, -0.25) is 4.98 Å². The highest BCUT2D eigenvalue weighted by Crippen LogP contribution is 2.55. The number of benzene rings is 2. The summed E-state index contributed by atoms with van der Waals surface area (Å²) in [6, 6.07) is 8.06. The summed E-state index contributed by atoms with van der Waals surface area (Å²) in [6.45, 7) is 6.61. The van der Waals surface area contributed by atoms with Crippen LogP contribution in [0.5, 0.6) is 0 Å².